The molecule has 2 aliphatic rings. The van der Waals surface area contributed by atoms with Crippen molar-refractivity contribution in [2.45, 2.75) is 45.7 Å². The topological polar surface area (TPSA) is 141 Å². The lowest BCUT2D eigenvalue weighted by Crippen LogP contribution is -2.62. The van der Waals surface area contributed by atoms with Crippen LogP contribution in [0, 0.1) is 18.6 Å². The maximum atomic E-state index is 17.2. The summed E-state index contributed by atoms with van der Waals surface area (Å²) in [6.45, 7) is 10.5. The number of nitrogens with one attached hydrogen (secondary N) is 1. The minimum absolute atomic E-state index is 0.0110. The van der Waals surface area contributed by atoms with E-state index in [1.165, 1.54) is 15.9 Å². The minimum Gasteiger partial charge on any atom is -0.507 e. The monoisotopic (exact) mass is 616 g/mol. The summed E-state index contributed by atoms with van der Waals surface area (Å²) < 4.78 is 34.9. The molecule has 2 amide bonds. The Hall–Kier alpha value is -5.33. The molecule has 0 bridgehead atoms. The van der Waals surface area contributed by atoms with Gasteiger partial charge < -0.3 is 25.3 Å². The van der Waals surface area contributed by atoms with Crippen LogP contribution in [0.25, 0.3) is 27.7 Å². The number of carbonyl (C=O) groups excluding carboxylic acids is 2. The summed E-state index contributed by atoms with van der Waals surface area (Å²) in [4.78, 5) is 52.2. The molecule has 13 heteroatoms. The Balaban J connectivity index is 1.79. The fourth-order valence-electron chi connectivity index (χ4n) is 6.28. The number of phenolic OH excluding ortho intramolecular Hbond substituents is 2. The Morgan fingerprint density at radius 1 is 1.11 bits per heavy atom. The standard InChI is InChI=1S/C32H30F2N6O5/c1-6-20(43)38-13-17-31(44)36-27-23-29(25(34)22(24(27)33)21-18(41)8-7-9-19(21)42)40(28-15(4)10-11-35-26(28)14(2)3)32(45)37-30(23)39(17)12-16(38)5/h6-11,14,16-17,41-42H,1,12-13H2,2-5H3,(H,36,44). The van der Waals surface area contributed by atoms with Gasteiger partial charge in [0.1, 0.15) is 28.9 Å². The van der Waals surface area contributed by atoms with Crippen LogP contribution in [0.4, 0.5) is 20.3 Å². The molecular formula is C32H30F2N6O5. The number of hydrogen-bond acceptors (Lipinski definition) is 8. The number of fused-ring (bicyclic) bond motifs is 2. The Morgan fingerprint density at radius 2 is 1.80 bits per heavy atom. The van der Waals surface area contributed by atoms with Crippen molar-refractivity contribution in [1.82, 2.24) is 19.4 Å². The molecule has 1 fully saturated rings. The third-order valence-electron chi connectivity index (χ3n) is 8.41. The number of aromatic hydroxyl groups is 2. The van der Waals surface area contributed by atoms with Crippen molar-refractivity contribution in [1.29, 1.82) is 0 Å². The second kappa shape index (κ2) is 10.7. The highest BCUT2D eigenvalue weighted by Crippen LogP contribution is 2.48. The normalized spacial score (nSPS) is 17.7. The van der Waals surface area contributed by atoms with Crippen molar-refractivity contribution in [3.63, 3.8) is 0 Å². The Labute approximate surface area is 256 Å². The first kappa shape index (κ1) is 29.7. The zero-order valence-corrected chi connectivity index (χ0v) is 24.9. The van der Waals surface area contributed by atoms with E-state index in [0.29, 0.717) is 11.3 Å². The molecule has 0 radical (unpaired) electrons. The number of carbonyl (C=O) groups is 2. The lowest BCUT2D eigenvalue weighted by Gasteiger charge is -2.44. The lowest BCUT2D eigenvalue weighted by molar-refractivity contribution is -0.130. The first-order valence-electron chi connectivity index (χ1n) is 14.3. The van der Waals surface area contributed by atoms with Gasteiger partial charge in [-0.2, -0.15) is 4.98 Å². The number of hydrogen-bond donors (Lipinski definition) is 3. The maximum absolute atomic E-state index is 17.2. The molecule has 2 aromatic carbocycles. The van der Waals surface area contributed by atoms with Crippen molar-refractivity contribution in [2.75, 3.05) is 23.3 Å². The van der Waals surface area contributed by atoms with Gasteiger partial charge in [-0.05, 0) is 49.6 Å². The SMILES string of the molecule is C=CC(=O)N1CC2C(=O)Nc3c(F)c(-c4c(O)cccc4O)c(F)c4c3c(nc(=O)n4-c3c(C)ccnc3C(C)C)N2CC1C. The molecule has 2 atom stereocenters. The van der Waals surface area contributed by atoms with Crippen LogP contribution in [0.15, 0.2) is 47.9 Å². The number of phenols is 2. The molecule has 2 aromatic heterocycles. The summed E-state index contributed by atoms with van der Waals surface area (Å²) in [5.41, 5.74) is -2.08. The number of piperazine rings is 1. The van der Waals surface area contributed by atoms with Gasteiger partial charge in [-0.25, -0.2) is 13.6 Å². The smallest absolute Gasteiger partial charge is 0.354 e. The van der Waals surface area contributed by atoms with E-state index in [0.717, 1.165) is 22.8 Å². The summed E-state index contributed by atoms with van der Waals surface area (Å²) in [5.74, 6) is -5.38. The van der Waals surface area contributed by atoms with Crippen molar-refractivity contribution < 1.29 is 28.6 Å². The first-order chi connectivity index (χ1) is 21.4. The van der Waals surface area contributed by atoms with Crippen LogP contribution in [0.3, 0.4) is 0 Å². The van der Waals surface area contributed by atoms with Gasteiger partial charge in [0.05, 0.1) is 40.1 Å². The molecule has 11 nitrogen and oxygen atoms in total. The molecule has 45 heavy (non-hydrogen) atoms. The van der Waals surface area contributed by atoms with Gasteiger partial charge in [0.2, 0.25) is 11.8 Å². The van der Waals surface area contributed by atoms with Crippen molar-refractivity contribution >= 4 is 34.2 Å². The van der Waals surface area contributed by atoms with Gasteiger partial charge in [0, 0.05) is 18.8 Å². The number of nitrogens with zero attached hydrogens (tertiary/aromatic N) is 5. The van der Waals surface area contributed by atoms with Crippen molar-refractivity contribution in [3.05, 3.63) is 76.5 Å². The summed E-state index contributed by atoms with van der Waals surface area (Å²) in [5, 5.41) is 23.7. The van der Waals surface area contributed by atoms with E-state index >= 15 is 8.78 Å². The third-order valence-corrected chi connectivity index (χ3v) is 8.41. The average Bonchev–Trinajstić information content (AvgIpc) is 3.10. The van der Waals surface area contributed by atoms with Gasteiger partial charge in [0.15, 0.2) is 11.6 Å². The van der Waals surface area contributed by atoms with Crippen LogP contribution in [0.5, 0.6) is 11.5 Å². The zero-order chi connectivity index (χ0) is 32.5. The van der Waals surface area contributed by atoms with Gasteiger partial charge in [-0.1, -0.05) is 26.5 Å². The van der Waals surface area contributed by atoms with Gasteiger partial charge in [-0.3, -0.25) is 19.1 Å². The Kier molecular flexibility index (Phi) is 7.06. The summed E-state index contributed by atoms with van der Waals surface area (Å²) in [7, 11) is 0. The molecular weight excluding hydrogens is 586 g/mol. The molecule has 1 saturated heterocycles. The summed E-state index contributed by atoms with van der Waals surface area (Å²) >= 11 is 0. The minimum atomic E-state index is -1.29. The Morgan fingerprint density at radius 3 is 2.44 bits per heavy atom. The number of rotatable bonds is 4. The highest BCUT2D eigenvalue weighted by Gasteiger charge is 2.43. The van der Waals surface area contributed by atoms with Crippen LogP contribution >= 0.6 is 0 Å². The van der Waals surface area contributed by atoms with E-state index in [9.17, 15) is 24.6 Å². The maximum Gasteiger partial charge on any atom is 0.354 e. The highest BCUT2D eigenvalue weighted by molar-refractivity contribution is 6.14. The number of amides is 2. The van der Waals surface area contributed by atoms with Crippen molar-refractivity contribution in [3.8, 4) is 28.3 Å². The number of aryl methyl sites for hydroxylation is 1. The first-order valence-corrected chi connectivity index (χ1v) is 14.3. The third kappa shape index (κ3) is 4.40. The molecule has 0 spiro atoms. The quantitative estimate of drug-likeness (QED) is 0.291. The molecule has 2 aliphatic heterocycles. The Bertz CT molecular complexity index is 1990. The van der Waals surface area contributed by atoms with Crippen LogP contribution in [-0.2, 0) is 9.59 Å². The zero-order valence-electron chi connectivity index (χ0n) is 24.9. The van der Waals surface area contributed by atoms with Crippen LogP contribution < -0.4 is 15.9 Å². The van der Waals surface area contributed by atoms with E-state index in [2.05, 4.69) is 21.9 Å². The van der Waals surface area contributed by atoms with E-state index in [4.69, 9.17) is 0 Å². The fourth-order valence-corrected chi connectivity index (χ4v) is 6.28. The predicted octanol–water partition coefficient (Wildman–Crippen LogP) is 4.11. The molecule has 6 rings (SSSR count). The molecule has 2 unspecified atom stereocenters. The van der Waals surface area contributed by atoms with Crippen LogP contribution in [0.1, 0.15) is 37.9 Å². The largest absolute Gasteiger partial charge is 0.507 e. The highest BCUT2D eigenvalue weighted by atomic mass is 19.1. The van der Waals surface area contributed by atoms with Gasteiger partial charge in [-0.15, -0.1) is 0 Å². The summed E-state index contributed by atoms with van der Waals surface area (Å²) in [6, 6.07) is 3.62. The van der Waals surface area contributed by atoms with E-state index in [-0.39, 0.29) is 35.9 Å². The molecule has 232 valence electrons. The lowest BCUT2D eigenvalue weighted by atomic mass is 9.97. The number of benzene rings is 2. The molecule has 3 N–H and O–H groups in total. The molecule has 4 aromatic rings. The van der Waals surface area contributed by atoms with E-state index < -0.39 is 75.1 Å². The molecule has 4 heterocycles. The van der Waals surface area contributed by atoms with E-state index in [1.807, 2.05) is 13.8 Å². The van der Waals surface area contributed by atoms with Crippen LogP contribution in [-0.4, -0.2) is 66.6 Å². The van der Waals surface area contributed by atoms with E-state index in [1.54, 1.807) is 26.1 Å². The predicted molar refractivity (Wildman–Crippen MR) is 164 cm³/mol. The van der Waals surface area contributed by atoms with Gasteiger partial charge >= 0.3 is 5.69 Å². The molecule has 0 saturated carbocycles. The average molecular weight is 617 g/mol. The fraction of sp³-hybridized carbons (Fsp3) is 0.281. The van der Waals surface area contributed by atoms with Gasteiger partial charge in [0.25, 0.3) is 0 Å². The number of pyridine rings is 1. The number of halogens is 2. The second-order valence-electron chi connectivity index (χ2n) is 11.5. The van der Waals surface area contributed by atoms with Crippen LogP contribution in [0.2, 0.25) is 0 Å². The number of anilines is 2. The number of aromatic nitrogens is 3. The van der Waals surface area contributed by atoms with Crippen molar-refractivity contribution in [2.24, 2.45) is 0 Å². The second-order valence-corrected chi connectivity index (χ2v) is 11.5. The summed E-state index contributed by atoms with van der Waals surface area (Å²) in [6.07, 6.45) is 2.68. The molecule has 0 aliphatic carbocycles.